The van der Waals surface area contributed by atoms with Crippen molar-refractivity contribution in [3.63, 3.8) is 0 Å². The first-order chi connectivity index (χ1) is 12.5. The van der Waals surface area contributed by atoms with Crippen molar-refractivity contribution in [2.75, 3.05) is 5.32 Å². The number of thioether (sulfide) groups is 1. The average molecular weight is 391 g/mol. The summed E-state index contributed by atoms with van der Waals surface area (Å²) < 4.78 is 0.809. The largest absolute Gasteiger partial charge is 0.352 e. The van der Waals surface area contributed by atoms with E-state index in [1.165, 1.54) is 53.5 Å². The van der Waals surface area contributed by atoms with Crippen LogP contribution in [0.2, 0.25) is 0 Å². The van der Waals surface area contributed by atoms with E-state index in [0.29, 0.717) is 6.04 Å². The zero-order valence-corrected chi connectivity index (χ0v) is 17.2. The Labute approximate surface area is 163 Å². The first-order valence-corrected chi connectivity index (χ1v) is 10.9. The number of carbonyl (C=O) groups excluding carboxylic acids is 1. The van der Waals surface area contributed by atoms with Gasteiger partial charge in [-0.2, -0.15) is 0 Å². The molecule has 0 radical (unpaired) electrons. The molecule has 1 aromatic heterocycles. The summed E-state index contributed by atoms with van der Waals surface area (Å²) in [6, 6.07) is 6.50. The van der Waals surface area contributed by atoms with Crippen LogP contribution in [0.3, 0.4) is 0 Å². The Kier molecular flexibility index (Phi) is 6.53. The number of aryl methyl sites for hydroxylation is 1. The number of hydrogen-bond donors (Lipinski definition) is 2. The number of amides is 1. The van der Waals surface area contributed by atoms with Gasteiger partial charge in [0.25, 0.3) is 0 Å². The van der Waals surface area contributed by atoms with Crippen molar-refractivity contribution in [2.45, 2.75) is 68.5 Å². The van der Waals surface area contributed by atoms with Gasteiger partial charge in [-0.1, -0.05) is 54.5 Å². The van der Waals surface area contributed by atoms with Gasteiger partial charge in [0.05, 0.1) is 5.25 Å². The fourth-order valence-corrected chi connectivity index (χ4v) is 5.00. The fourth-order valence-electron chi connectivity index (χ4n) is 3.08. The summed E-state index contributed by atoms with van der Waals surface area (Å²) in [5, 5.41) is 15.5. The van der Waals surface area contributed by atoms with Gasteiger partial charge in [0.2, 0.25) is 11.0 Å². The molecule has 0 saturated heterocycles. The van der Waals surface area contributed by atoms with Crippen LogP contribution in [0.15, 0.2) is 22.5 Å². The summed E-state index contributed by atoms with van der Waals surface area (Å²) in [6.07, 6.45) is 5.93. The number of carbonyl (C=O) groups is 1. The molecular weight excluding hydrogens is 364 g/mol. The third kappa shape index (κ3) is 4.98. The summed E-state index contributed by atoms with van der Waals surface area (Å²) in [5.41, 5.74) is 3.49. The number of anilines is 2. The zero-order valence-electron chi connectivity index (χ0n) is 15.5. The molecule has 140 valence electrons. The molecule has 3 rings (SSSR count). The van der Waals surface area contributed by atoms with Gasteiger partial charge in [0, 0.05) is 11.7 Å². The molecule has 0 spiro atoms. The lowest BCUT2D eigenvalue weighted by molar-refractivity contribution is -0.121. The minimum Gasteiger partial charge on any atom is -0.352 e. The lowest BCUT2D eigenvalue weighted by Crippen LogP contribution is -2.40. The normalized spacial score (nSPS) is 16.3. The van der Waals surface area contributed by atoms with Crippen molar-refractivity contribution in [2.24, 2.45) is 0 Å². The third-order valence-corrected chi connectivity index (χ3v) is 6.87. The van der Waals surface area contributed by atoms with Crippen molar-refractivity contribution < 1.29 is 4.79 Å². The second kappa shape index (κ2) is 8.86. The van der Waals surface area contributed by atoms with Gasteiger partial charge < -0.3 is 10.6 Å². The molecule has 1 amide bonds. The maximum absolute atomic E-state index is 12.4. The molecule has 1 aromatic carbocycles. The predicted octanol–water partition coefficient (Wildman–Crippen LogP) is 4.83. The Balaban J connectivity index is 1.55. The van der Waals surface area contributed by atoms with Gasteiger partial charge in [-0.25, -0.2) is 0 Å². The lowest BCUT2D eigenvalue weighted by atomic mass is 9.95. The van der Waals surface area contributed by atoms with E-state index < -0.39 is 0 Å². The highest BCUT2D eigenvalue weighted by Crippen LogP contribution is 2.31. The van der Waals surface area contributed by atoms with E-state index in [2.05, 4.69) is 40.7 Å². The van der Waals surface area contributed by atoms with Crippen molar-refractivity contribution in [3.05, 3.63) is 29.3 Å². The Hall–Kier alpha value is -1.60. The standard InChI is InChI=1S/C19H26N4OS2/c1-12-8-7-11-16(13(12)2)21-18-22-23-19(26-18)25-14(3)17(24)20-15-9-5-4-6-10-15/h7-8,11,14-15H,4-6,9-10H2,1-3H3,(H,20,24)(H,21,22). The molecule has 1 heterocycles. The Morgan fingerprint density at radius 3 is 2.77 bits per heavy atom. The second-order valence-electron chi connectivity index (χ2n) is 6.85. The van der Waals surface area contributed by atoms with E-state index >= 15 is 0 Å². The average Bonchev–Trinajstić information content (AvgIpc) is 3.07. The number of hydrogen-bond acceptors (Lipinski definition) is 6. The molecule has 2 N–H and O–H groups in total. The first kappa shape index (κ1) is 19.2. The van der Waals surface area contributed by atoms with Gasteiger partial charge in [-0.3, -0.25) is 4.79 Å². The molecule has 26 heavy (non-hydrogen) atoms. The van der Waals surface area contributed by atoms with Crippen LogP contribution in [0, 0.1) is 13.8 Å². The van der Waals surface area contributed by atoms with Crippen molar-refractivity contribution in [1.82, 2.24) is 15.5 Å². The summed E-state index contributed by atoms with van der Waals surface area (Å²) >= 11 is 2.96. The quantitative estimate of drug-likeness (QED) is 0.692. The van der Waals surface area contributed by atoms with Crippen LogP contribution in [0.4, 0.5) is 10.8 Å². The molecule has 1 unspecified atom stereocenters. The molecule has 1 saturated carbocycles. The van der Waals surface area contributed by atoms with Crippen LogP contribution in [0.25, 0.3) is 0 Å². The van der Waals surface area contributed by atoms with Crippen LogP contribution in [0.5, 0.6) is 0 Å². The monoisotopic (exact) mass is 390 g/mol. The topological polar surface area (TPSA) is 66.9 Å². The van der Waals surface area contributed by atoms with Crippen LogP contribution in [-0.4, -0.2) is 27.4 Å². The van der Waals surface area contributed by atoms with E-state index in [4.69, 9.17) is 0 Å². The van der Waals surface area contributed by atoms with E-state index in [1.54, 1.807) is 0 Å². The molecular formula is C19H26N4OS2. The summed E-state index contributed by atoms with van der Waals surface area (Å²) in [6.45, 7) is 6.11. The van der Waals surface area contributed by atoms with Gasteiger partial charge in [0.15, 0.2) is 4.34 Å². The fraction of sp³-hybridized carbons (Fsp3) is 0.526. The number of nitrogens with one attached hydrogen (secondary N) is 2. The molecule has 7 heteroatoms. The zero-order chi connectivity index (χ0) is 18.5. The Morgan fingerprint density at radius 2 is 2.00 bits per heavy atom. The molecule has 0 aliphatic heterocycles. The lowest BCUT2D eigenvalue weighted by Gasteiger charge is -2.24. The second-order valence-corrected chi connectivity index (χ2v) is 9.41. The van der Waals surface area contributed by atoms with E-state index in [-0.39, 0.29) is 11.2 Å². The van der Waals surface area contributed by atoms with Crippen molar-refractivity contribution >= 4 is 39.8 Å². The summed E-state index contributed by atoms with van der Waals surface area (Å²) in [5.74, 6) is 0.0983. The number of aromatic nitrogens is 2. The van der Waals surface area contributed by atoms with Crippen LogP contribution < -0.4 is 10.6 Å². The van der Waals surface area contributed by atoms with E-state index in [0.717, 1.165) is 28.0 Å². The van der Waals surface area contributed by atoms with Gasteiger partial charge >= 0.3 is 0 Å². The van der Waals surface area contributed by atoms with Crippen LogP contribution >= 0.6 is 23.1 Å². The summed E-state index contributed by atoms with van der Waals surface area (Å²) in [7, 11) is 0. The van der Waals surface area contributed by atoms with E-state index in [1.807, 2.05) is 19.1 Å². The van der Waals surface area contributed by atoms with Gasteiger partial charge in [0.1, 0.15) is 0 Å². The first-order valence-electron chi connectivity index (χ1n) is 9.16. The highest BCUT2D eigenvalue weighted by atomic mass is 32.2. The summed E-state index contributed by atoms with van der Waals surface area (Å²) in [4.78, 5) is 12.4. The highest BCUT2D eigenvalue weighted by molar-refractivity contribution is 8.02. The number of nitrogens with zero attached hydrogens (tertiary/aromatic N) is 2. The smallest absolute Gasteiger partial charge is 0.233 e. The molecule has 5 nitrogen and oxygen atoms in total. The molecule has 1 atom stereocenters. The van der Waals surface area contributed by atoms with Crippen LogP contribution in [0.1, 0.15) is 50.2 Å². The minimum absolute atomic E-state index is 0.0983. The molecule has 1 aliphatic rings. The van der Waals surface area contributed by atoms with E-state index in [9.17, 15) is 4.79 Å². The van der Waals surface area contributed by atoms with Crippen molar-refractivity contribution in [1.29, 1.82) is 0 Å². The predicted molar refractivity (Wildman–Crippen MR) is 109 cm³/mol. The molecule has 1 fully saturated rings. The van der Waals surface area contributed by atoms with Gasteiger partial charge in [-0.15, -0.1) is 10.2 Å². The van der Waals surface area contributed by atoms with Crippen LogP contribution in [-0.2, 0) is 4.79 Å². The number of benzene rings is 1. The Morgan fingerprint density at radius 1 is 1.23 bits per heavy atom. The number of rotatable bonds is 6. The van der Waals surface area contributed by atoms with Crippen molar-refractivity contribution in [3.8, 4) is 0 Å². The Bertz CT molecular complexity index is 756. The molecule has 1 aliphatic carbocycles. The maximum Gasteiger partial charge on any atom is 0.233 e. The maximum atomic E-state index is 12.4. The third-order valence-electron chi connectivity index (χ3n) is 4.85. The van der Waals surface area contributed by atoms with Gasteiger partial charge in [-0.05, 0) is 50.8 Å². The SMILES string of the molecule is Cc1cccc(Nc2nnc(SC(C)C(=O)NC3CCCCC3)s2)c1C. The minimum atomic E-state index is -0.168. The molecule has 2 aromatic rings. The highest BCUT2D eigenvalue weighted by Gasteiger charge is 2.21. The molecule has 0 bridgehead atoms.